The van der Waals surface area contributed by atoms with E-state index in [1.54, 1.807) is 6.33 Å². The second-order valence-electron chi connectivity index (χ2n) is 4.15. The Bertz CT molecular complexity index is 361. The van der Waals surface area contributed by atoms with Gasteiger partial charge in [0.1, 0.15) is 12.1 Å². The van der Waals surface area contributed by atoms with Crippen molar-refractivity contribution in [1.29, 1.82) is 0 Å². The van der Waals surface area contributed by atoms with Crippen molar-refractivity contribution >= 4 is 17.4 Å². The first kappa shape index (κ1) is 11.6. The Kier molecular flexibility index (Phi) is 3.61. The molecule has 2 atom stereocenters. The molecule has 0 amide bonds. The third kappa shape index (κ3) is 2.62. The van der Waals surface area contributed by atoms with Crippen molar-refractivity contribution in [2.24, 2.45) is 0 Å². The second-order valence-corrected chi connectivity index (χ2v) is 4.45. The summed E-state index contributed by atoms with van der Waals surface area (Å²) >= 11 is 5.85. The molecule has 0 saturated carbocycles. The number of halogens is 1. The number of anilines is 1. The van der Waals surface area contributed by atoms with Crippen LogP contribution in [0.5, 0.6) is 0 Å². The Morgan fingerprint density at radius 3 is 3.00 bits per heavy atom. The normalized spacial score (nSPS) is 25.8. The van der Waals surface area contributed by atoms with E-state index in [0.717, 1.165) is 24.6 Å². The molecule has 2 unspecified atom stereocenters. The Balaban J connectivity index is 2.14. The summed E-state index contributed by atoms with van der Waals surface area (Å²) in [5.74, 6) is 1.48. The van der Waals surface area contributed by atoms with Gasteiger partial charge >= 0.3 is 0 Å². The minimum absolute atomic E-state index is 0.0840. The Morgan fingerprint density at radius 1 is 1.50 bits per heavy atom. The van der Waals surface area contributed by atoms with Crippen LogP contribution in [0.25, 0.3) is 0 Å². The molecule has 1 aromatic rings. The van der Waals surface area contributed by atoms with Gasteiger partial charge in [-0.1, -0.05) is 0 Å². The predicted molar refractivity (Wildman–Crippen MR) is 64.0 cm³/mol. The van der Waals surface area contributed by atoms with E-state index in [4.69, 9.17) is 16.3 Å². The topological polar surface area (TPSA) is 38.2 Å². The molecule has 0 radical (unpaired) electrons. The van der Waals surface area contributed by atoms with Gasteiger partial charge in [0.05, 0.1) is 18.1 Å². The van der Waals surface area contributed by atoms with Gasteiger partial charge in [-0.25, -0.2) is 9.97 Å². The standard InChI is InChI=1S/C11H16ClN3O/c1-8-3-11(14-7-13-8)15-5-9(2)16-10(4-12)6-15/h3,7,9-10H,4-6H2,1-2H3. The lowest BCUT2D eigenvalue weighted by atomic mass is 10.2. The quantitative estimate of drug-likeness (QED) is 0.738. The molecule has 1 saturated heterocycles. The van der Waals surface area contributed by atoms with E-state index in [1.165, 1.54) is 0 Å². The van der Waals surface area contributed by atoms with E-state index in [2.05, 4.69) is 21.8 Å². The van der Waals surface area contributed by atoms with Gasteiger partial charge in [-0.05, 0) is 13.8 Å². The van der Waals surface area contributed by atoms with Crippen molar-refractivity contribution < 1.29 is 4.74 Å². The number of alkyl halides is 1. The van der Waals surface area contributed by atoms with Crippen molar-refractivity contribution in [2.75, 3.05) is 23.9 Å². The summed E-state index contributed by atoms with van der Waals surface area (Å²) in [7, 11) is 0. The van der Waals surface area contributed by atoms with Crippen molar-refractivity contribution in [3.8, 4) is 0 Å². The summed E-state index contributed by atoms with van der Waals surface area (Å²) in [6.45, 7) is 5.67. The molecule has 1 aliphatic rings. The molecule has 1 aliphatic heterocycles. The average molecular weight is 242 g/mol. The van der Waals surface area contributed by atoms with Gasteiger partial charge in [-0.2, -0.15) is 0 Å². The third-order valence-corrected chi connectivity index (χ3v) is 2.96. The zero-order chi connectivity index (χ0) is 11.5. The van der Waals surface area contributed by atoms with Gasteiger partial charge in [0.2, 0.25) is 0 Å². The average Bonchev–Trinajstić information content (AvgIpc) is 2.28. The summed E-state index contributed by atoms with van der Waals surface area (Å²) in [4.78, 5) is 10.6. The first-order chi connectivity index (χ1) is 7.69. The molecule has 0 bridgehead atoms. The first-order valence-corrected chi connectivity index (χ1v) is 5.97. The zero-order valence-corrected chi connectivity index (χ0v) is 10.3. The van der Waals surface area contributed by atoms with Crippen LogP contribution in [0.15, 0.2) is 12.4 Å². The molecule has 0 aromatic carbocycles. The van der Waals surface area contributed by atoms with Crippen molar-refractivity contribution in [3.05, 3.63) is 18.1 Å². The van der Waals surface area contributed by atoms with Crippen molar-refractivity contribution in [3.63, 3.8) is 0 Å². The molecule has 1 fully saturated rings. The largest absolute Gasteiger partial charge is 0.370 e. The van der Waals surface area contributed by atoms with Crippen LogP contribution in [-0.4, -0.2) is 41.1 Å². The highest BCUT2D eigenvalue weighted by Crippen LogP contribution is 2.18. The molecule has 1 aromatic heterocycles. The first-order valence-electron chi connectivity index (χ1n) is 5.44. The predicted octanol–water partition coefficient (Wildman–Crippen LogP) is 1.62. The molecule has 2 rings (SSSR count). The molecule has 0 aliphatic carbocycles. The molecule has 88 valence electrons. The Morgan fingerprint density at radius 2 is 2.31 bits per heavy atom. The highest BCUT2D eigenvalue weighted by molar-refractivity contribution is 6.18. The molecule has 0 N–H and O–H groups in total. The summed E-state index contributed by atoms with van der Waals surface area (Å²) in [6, 6.07) is 1.99. The number of hydrogen-bond donors (Lipinski definition) is 0. The van der Waals surface area contributed by atoms with Gasteiger partial charge in [-0.3, -0.25) is 0 Å². The second kappa shape index (κ2) is 4.97. The number of nitrogens with zero attached hydrogens (tertiary/aromatic N) is 3. The number of rotatable bonds is 2. The maximum absolute atomic E-state index is 5.85. The summed E-state index contributed by atoms with van der Waals surface area (Å²) in [5, 5.41) is 0. The molecular weight excluding hydrogens is 226 g/mol. The number of ether oxygens (including phenoxy) is 1. The number of hydrogen-bond acceptors (Lipinski definition) is 4. The summed E-state index contributed by atoms with van der Waals surface area (Å²) in [5.41, 5.74) is 0.978. The SMILES string of the molecule is Cc1cc(N2CC(C)OC(CCl)C2)ncn1. The fraction of sp³-hybridized carbons (Fsp3) is 0.636. The lowest BCUT2D eigenvalue weighted by molar-refractivity contribution is -0.00358. The van der Waals surface area contributed by atoms with Crippen LogP contribution in [0.1, 0.15) is 12.6 Å². The molecule has 5 heteroatoms. The number of morpholine rings is 1. The van der Waals surface area contributed by atoms with E-state index in [1.807, 2.05) is 13.0 Å². The van der Waals surface area contributed by atoms with E-state index in [-0.39, 0.29) is 12.2 Å². The number of aryl methyl sites for hydroxylation is 1. The molecule has 4 nitrogen and oxygen atoms in total. The van der Waals surface area contributed by atoms with E-state index in [9.17, 15) is 0 Å². The lowest BCUT2D eigenvalue weighted by Crippen LogP contribution is -2.47. The van der Waals surface area contributed by atoms with Crippen LogP contribution in [-0.2, 0) is 4.74 Å². The van der Waals surface area contributed by atoms with Gasteiger partial charge in [0.15, 0.2) is 0 Å². The van der Waals surface area contributed by atoms with Crippen LogP contribution in [0.4, 0.5) is 5.82 Å². The van der Waals surface area contributed by atoms with Crippen molar-refractivity contribution in [2.45, 2.75) is 26.1 Å². The van der Waals surface area contributed by atoms with Gasteiger partial charge in [0.25, 0.3) is 0 Å². The molecular formula is C11H16ClN3O. The highest BCUT2D eigenvalue weighted by atomic mass is 35.5. The van der Waals surface area contributed by atoms with Crippen LogP contribution in [0, 0.1) is 6.92 Å². The minimum Gasteiger partial charge on any atom is -0.370 e. The van der Waals surface area contributed by atoms with Gasteiger partial charge in [0, 0.05) is 24.8 Å². The molecule has 0 spiro atoms. The van der Waals surface area contributed by atoms with Crippen LogP contribution in [0.2, 0.25) is 0 Å². The fourth-order valence-corrected chi connectivity index (χ4v) is 2.10. The summed E-state index contributed by atoms with van der Waals surface area (Å²) in [6.07, 6.45) is 1.87. The molecule has 2 heterocycles. The van der Waals surface area contributed by atoms with Crippen LogP contribution < -0.4 is 4.90 Å². The van der Waals surface area contributed by atoms with E-state index in [0.29, 0.717) is 5.88 Å². The smallest absolute Gasteiger partial charge is 0.132 e. The number of aromatic nitrogens is 2. The fourth-order valence-electron chi connectivity index (χ4n) is 1.93. The van der Waals surface area contributed by atoms with Gasteiger partial charge < -0.3 is 9.64 Å². The minimum atomic E-state index is 0.0840. The maximum atomic E-state index is 5.85. The molecule has 16 heavy (non-hydrogen) atoms. The zero-order valence-electron chi connectivity index (χ0n) is 9.56. The monoisotopic (exact) mass is 241 g/mol. The van der Waals surface area contributed by atoms with E-state index < -0.39 is 0 Å². The highest BCUT2D eigenvalue weighted by Gasteiger charge is 2.25. The summed E-state index contributed by atoms with van der Waals surface area (Å²) < 4.78 is 5.70. The maximum Gasteiger partial charge on any atom is 0.132 e. The van der Waals surface area contributed by atoms with Crippen LogP contribution >= 0.6 is 11.6 Å². The third-order valence-electron chi connectivity index (χ3n) is 2.61. The lowest BCUT2D eigenvalue weighted by Gasteiger charge is -2.36. The Hall–Kier alpha value is -0.870. The van der Waals surface area contributed by atoms with Gasteiger partial charge in [-0.15, -0.1) is 11.6 Å². The van der Waals surface area contributed by atoms with Crippen LogP contribution in [0.3, 0.4) is 0 Å². The van der Waals surface area contributed by atoms with Crippen molar-refractivity contribution in [1.82, 2.24) is 9.97 Å². The van der Waals surface area contributed by atoms with E-state index >= 15 is 0 Å². The Labute approximate surface area is 101 Å².